The lowest BCUT2D eigenvalue weighted by Crippen LogP contribution is -2.35. The molecule has 18 heavy (non-hydrogen) atoms. The Morgan fingerprint density at radius 3 is 2.67 bits per heavy atom. The second kappa shape index (κ2) is 6.19. The monoisotopic (exact) mass is 247 g/mol. The number of nitrogens with two attached hydrogens (primary N) is 1. The van der Waals surface area contributed by atoms with Crippen molar-refractivity contribution in [1.29, 1.82) is 0 Å². The fourth-order valence-corrected chi connectivity index (χ4v) is 2.91. The average Bonchev–Trinajstić information content (AvgIpc) is 2.46. The van der Waals surface area contributed by atoms with Crippen LogP contribution in [-0.4, -0.2) is 18.1 Å². The van der Waals surface area contributed by atoms with Gasteiger partial charge in [0, 0.05) is 25.8 Å². The Morgan fingerprint density at radius 2 is 2.06 bits per heavy atom. The number of rotatable bonds is 4. The van der Waals surface area contributed by atoms with Crippen LogP contribution < -0.4 is 10.6 Å². The van der Waals surface area contributed by atoms with E-state index in [4.69, 9.17) is 5.73 Å². The highest BCUT2D eigenvalue weighted by atomic mass is 15.2. The van der Waals surface area contributed by atoms with E-state index in [2.05, 4.69) is 29.9 Å². The van der Waals surface area contributed by atoms with E-state index in [9.17, 15) is 0 Å². The maximum absolute atomic E-state index is 5.69. The molecule has 0 aliphatic heterocycles. The third-order valence-corrected chi connectivity index (χ3v) is 4.35. The van der Waals surface area contributed by atoms with Crippen LogP contribution in [-0.2, 0) is 6.54 Å². The smallest absolute Gasteiger partial charge is 0.128 e. The van der Waals surface area contributed by atoms with E-state index in [0.717, 1.165) is 17.3 Å². The highest BCUT2D eigenvalue weighted by Gasteiger charge is 2.23. The van der Waals surface area contributed by atoms with Crippen LogP contribution in [0.5, 0.6) is 0 Å². The molecule has 0 atom stereocenters. The molecule has 3 nitrogen and oxygen atoms in total. The van der Waals surface area contributed by atoms with E-state index in [1.54, 1.807) is 0 Å². The van der Waals surface area contributed by atoms with Gasteiger partial charge in [0.1, 0.15) is 5.82 Å². The Morgan fingerprint density at radius 1 is 1.33 bits per heavy atom. The first-order valence-electron chi connectivity index (χ1n) is 7.12. The molecule has 1 aliphatic rings. The van der Waals surface area contributed by atoms with Gasteiger partial charge in [-0.2, -0.15) is 0 Å². The van der Waals surface area contributed by atoms with Crippen molar-refractivity contribution in [2.75, 3.05) is 11.9 Å². The van der Waals surface area contributed by atoms with Crippen LogP contribution in [0.1, 0.15) is 44.6 Å². The molecule has 0 spiro atoms. The van der Waals surface area contributed by atoms with Gasteiger partial charge in [-0.15, -0.1) is 0 Å². The van der Waals surface area contributed by atoms with Gasteiger partial charge in [-0.25, -0.2) is 4.98 Å². The minimum absolute atomic E-state index is 0.589. The van der Waals surface area contributed by atoms with Crippen molar-refractivity contribution < 1.29 is 0 Å². The summed E-state index contributed by atoms with van der Waals surface area (Å²) in [5, 5.41) is 0. The third kappa shape index (κ3) is 3.02. The fourth-order valence-electron chi connectivity index (χ4n) is 2.91. The van der Waals surface area contributed by atoms with Crippen molar-refractivity contribution in [3.05, 3.63) is 23.9 Å². The summed E-state index contributed by atoms with van der Waals surface area (Å²) in [5.41, 5.74) is 6.85. The van der Waals surface area contributed by atoms with Crippen LogP contribution in [0.25, 0.3) is 0 Å². The van der Waals surface area contributed by atoms with Gasteiger partial charge in [0.05, 0.1) is 0 Å². The zero-order valence-electron chi connectivity index (χ0n) is 11.6. The first-order valence-corrected chi connectivity index (χ1v) is 7.12. The summed E-state index contributed by atoms with van der Waals surface area (Å²) < 4.78 is 0. The molecular weight excluding hydrogens is 222 g/mol. The maximum atomic E-state index is 5.69. The predicted octanol–water partition coefficient (Wildman–Crippen LogP) is 2.95. The summed E-state index contributed by atoms with van der Waals surface area (Å²) in [5.74, 6) is 2.01. The summed E-state index contributed by atoms with van der Waals surface area (Å²) in [6.45, 7) is 2.90. The van der Waals surface area contributed by atoms with Crippen LogP contribution >= 0.6 is 0 Å². The van der Waals surface area contributed by atoms with Gasteiger partial charge in [-0.1, -0.05) is 13.3 Å². The molecule has 3 heteroatoms. The van der Waals surface area contributed by atoms with Crippen molar-refractivity contribution in [2.45, 2.75) is 51.6 Å². The van der Waals surface area contributed by atoms with Crippen molar-refractivity contribution >= 4 is 5.82 Å². The van der Waals surface area contributed by atoms with Gasteiger partial charge in [0.2, 0.25) is 0 Å². The summed E-state index contributed by atoms with van der Waals surface area (Å²) in [4.78, 5) is 6.81. The molecule has 2 N–H and O–H groups in total. The first-order chi connectivity index (χ1) is 8.74. The Bertz CT molecular complexity index is 370. The molecule has 2 rings (SSSR count). The van der Waals surface area contributed by atoms with Crippen LogP contribution in [0.15, 0.2) is 18.3 Å². The number of aromatic nitrogens is 1. The molecule has 100 valence electrons. The first kappa shape index (κ1) is 13.3. The Labute approximate surface area is 110 Å². The largest absolute Gasteiger partial charge is 0.357 e. The van der Waals surface area contributed by atoms with E-state index in [1.807, 2.05) is 12.3 Å². The molecule has 0 radical (unpaired) electrons. The Hall–Kier alpha value is -1.09. The molecule has 0 amide bonds. The molecule has 1 fully saturated rings. The van der Waals surface area contributed by atoms with Crippen molar-refractivity contribution in [1.82, 2.24) is 4.98 Å². The van der Waals surface area contributed by atoms with Crippen LogP contribution in [0.2, 0.25) is 0 Å². The lowest BCUT2D eigenvalue weighted by atomic mass is 9.84. The number of pyridine rings is 1. The Kier molecular flexibility index (Phi) is 4.59. The fraction of sp³-hybridized carbons (Fsp3) is 0.667. The lowest BCUT2D eigenvalue weighted by molar-refractivity contribution is 0.313. The maximum Gasteiger partial charge on any atom is 0.128 e. The number of nitrogens with zero attached hydrogens (tertiary/aromatic N) is 2. The molecule has 0 aromatic carbocycles. The highest BCUT2D eigenvalue weighted by molar-refractivity contribution is 5.41. The van der Waals surface area contributed by atoms with E-state index >= 15 is 0 Å². The second-order valence-electron chi connectivity index (χ2n) is 5.42. The Balaban J connectivity index is 2.00. The summed E-state index contributed by atoms with van der Waals surface area (Å²) in [6, 6.07) is 4.75. The highest BCUT2D eigenvalue weighted by Crippen LogP contribution is 2.30. The quantitative estimate of drug-likeness (QED) is 0.889. The molecule has 1 saturated carbocycles. The molecule has 0 unspecified atom stereocenters. The minimum atomic E-state index is 0.589. The van der Waals surface area contributed by atoms with Crippen LogP contribution in [0.3, 0.4) is 0 Å². The lowest BCUT2D eigenvalue weighted by Gasteiger charge is -2.35. The SMILES string of the molecule is CCC1CCC(N(C)c2cc(CN)ccn2)CC1. The normalized spacial score (nSPS) is 23.9. The summed E-state index contributed by atoms with van der Waals surface area (Å²) in [6.07, 6.45) is 8.51. The minimum Gasteiger partial charge on any atom is -0.357 e. The molecule has 1 heterocycles. The summed E-state index contributed by atoms with van der Waals surface area (Å²) >= 11 is 0. The van der Waals surface area contributed by atoms with Gasteiger partial charge in [0.25, 0.3) is 0 Å². The van der Waals surface area contributed by atoms with Crippen molar-refractivity contribution in [2.24, 2.45) is 11.7 Å². The van der Waals surface area contributed by atoms with E-state index in [-0.39, 0.29) is 0 Å². The zero-order valence-corrected chi connectivity index (χ0v) is 11.6. The van der Waals surface area contributed by atoms with Crippen LogP contribution in [0, 0.1) is 5.92 Å². The van der Waals surface area contributed by atoms with Gasteiger partial charge in [-0.3, -0.25) is 0 Å². The number of hydrogen-bond donors (Lipinski definition) is 1. The van der Waals surface area contributed by atoms with Gasteiger partial charge >= 0.3 is 0 Å². The molecular formula is C15H25N3. The topological polar surface area (TPSA) is 42.1 Å². The molecule has 1 aliphatic carbocycles. The zero-order chi connectivity index (χ0) is 13.0. The standard InChI is InChI=1S/C15H25N3/c1-3-12-4-6-14(7-5-12)18(2)15-10-13(11-16)8-9-17-15/h8-10,12,14H,3-7,11,16H2,1-2H3. The van der Waals surface area contributed by atoms with Crippen LogP contribution in [0.4, 0.5) is 5.82 Å². The number of anilines is 1. The van der Waals surface area contributed by atoms with E-state index < -0.39 is 0 Å². The predicted molar refractivity (Wildman–Crippen MR) is 76.6 cm³/mol. The number of hydrogen-bond acceptors (Lipinski definition) is 3. The van der Waals surface area contributed by atoms with Gasteiger partial charge < -0.3 is 10.6 Å². The van der Waals surface area contributed by atoms with E-state index in [1.165, 1.54) is 32.1 Å². The average molecular weight is 247 g/mol. The van der Waals surface area contributed by atoms with Gasteiger partial charge in [-0.05, 0) is 49.3 Å². The summed E-state index contributed by atoms with van der Waals surface area (Å²) in [7, 11) is 2.17. The third-order valence-electron chi connectivity index (χ3n) is 4.35. The molecule has 0 bridgehead atoms. The second-order valence-corrected chi connectivity index (χ2v) is 5.42. The van der Waals surface area contributed by atoms with Gasteiger partial charge in [0.15, 0.2) is 0 Å². The van der Waals surface area contributed by atoms with Crippen molar-refractivity contribution in [3.8, 4) is 0 Å². The molecule has 1 aromatic heterocycles. The van der Waals surface area contributed by atoms with E-state index in [0.29, 0.717) is 12.6 Å². The molecule has 1 aromatic rings. The van der Waals surface area contributed by atoms with Crippen molar-refractivity contribution in [3.63, 3.8) is 0 Å². The molecule has 0 saturated heterocycles.